The maximum absolute atomic E-state index is 13.5. The zero-order chi connectivity index (χ0) is 27.4. The van der Waals surface area contributed by atoms with Gasteiger partial charge in [0, 0.05) is 18.7 Å². The van der Waals surface area contributed by atoms with E-state index in [9.17, 15) is 41.4 Å². The van der Waals surface area contributed by atoms with Gasteiger partial charge in [-0.1, -0.05) is 42.5 Å². The molecule has 0 bridgehead atoms. The van der Waals surface area contributed by atoms with Crippen LogP contribution in [-0.2, 0) is 19.1 Å². The van der Waals surface area contributed by atoms with Gasteiger partial charge < -0.3 is 25.4 Å². The summed E-state index contributed by atoms with van der Waals surface area (Å²) in [6.45, 7) is -1.52. The van der Waals surface area contributed by atoms with Gasteiger partial charge in [-0.05, 0) is 24.1 Å². The van der Waals surface area contributed by atoms with Gasteiger partial charge in [0.15, 0.2) is 0 Å². The Hall–Kier alpha value is -3.58. The number of nitrogens with zero attached hydrogens (tertiary/aromatic N) is 1. The lowest BCUT2D eigenvalue weighted by Crippen LogP contribution is -2.54. The number of para-hydroxylation sites is 1. The molecule has 0 aromatic heterocycles. The van der Waals surface area contributed by atoms with Gasteiger partial charge in [-0.2, -0.15) is 22.0 Å². The normalized spacial score (nSPS) is 16.4. The van der Waals surface area contributed by atoms with Gasteiger partial charge >= 0.3 is 12.1 Å². The van der Waals surface area contributed by atoms with Gasteiger partial charge in [-0.25, -0.2) is 0 Å². The Morgan fingerprint density at radius 3 is 2.27 bits per heavy atom. The van der Waals surface area contributed by atoms with E-state index < -0.39 is 55.1 Å². The molecule has 1 heterocycles. The molecule has 2 aromatic carbocycles. The van der Waals surface area contributed by atoms with Crippen LogP contribution in [0.1, 0.15) is 18.5 Å². The minimum atomic E-state index is -5.91. The minimum absolute atomic E-state index is 0.127. The first-order chi connectivity index (χ1) is 17.4. The van der Waals surface area contributed by atoms with Crippen LogP contribution in [0.15, 0.2) is 48.5 Å². The number of aliphatic hydroxyl groups is 1. The molecule has 37 heavy (non-hydrogen) atoms. The highest BCUT2D eigenvalue weighted by Crippen LogP contribution is 2.40. The van der Waals surface area contributed by atoms with Gasteiger partial charge in [0.05, 0.1) is 18.8 Å². The number of fused-ring (bicyclic) bond motifs is 3. The summed E-state index contributed by atoms with van der Waals surface area (Å²) in [6.07, 6.45) is -8.03. The Balaban J connectivity index is 1.92. The topological polar surface area (TPSA) is 108 Å². The fraction of sp³-hybridized carbons (Fsp3) is 0.375. The molecule has 8 nitrogen and oxygen atoms in total. The third-order valence-electron chi connectivity index (χ3n) is 5.59. The van der Waals surface area contributed by atoms with Crippen LogP contribution in [0.4, 0.5) is 27.6 Å². The van der Waals surface area contributed by atoms with Crippen molar-refractivity contribution in [1.29, 1.82) is 0 Å². The van der Waals surface area contributed by atoms with Gasteiger partial charge in [0.1, 0.15) is 6.04 Å². The summed E-state index contributed by atoms with van der Waals surface area (Å²) >= 11 is 0. The number of aliphatic hydroxyl groups excluding tert-OH is 1. The molecule has 0 spiro atoms. The van der Waals surface area contributed by atoms with Gasteiger partial charge in [-0.3, -0.25) is 14.4 Å². The molecule has 2 aromatic rings. The van der Waals surface area contributed by atoms with Crippen molar-refractivity contribution >= 4 is 23.4 Å². The monoisotopic (exact) mass is 529 g/mol. The van der Waals surface area contributed by atoms with E-state index in [4.69, 9.17) is 4.74 Å². The molecular formula is C24H24F5N3O5. The Morgan fingerprint density at radius 1 is 1.03 bits per heavy atom. The highest BCUT2D eigenvalue weighted by molar-refractivity contribution is 6.09. The zero-order valence-electron chi connectivity index (χ0n) is 19.5. The largest absolute Gasteiger partial charge is 0.455 e. The molecule has 0 fully saturated rings. The summed E-state index contributed by atoms with van der Waals surface area (Å²) in [5.41, 5.74) is 2.00. The van der Waals surface area contributed by atoms with Crippen molar-refractivity contribution in [2.75, 3.05) is 31.2 Å². The van der Waals surface area contributed by atoms with Gasteiger partial charge in [0.2, 0.25) is 6.10 Å². The lowest BCUT2D eigenvalue weighted by atomic mass is 9.95. The number of hydrogen-bond acceptors (Lipinski definition) is 5. The molecule has 2 atom stereocenters. The molecule has 1 aliphatic heterocycles. The molecule has 1 aliphatic rings. The number of β-amino-alcohol motifs (C(OH)–C–C–N with tert-alkyl or cyclic N) is 1. The Kier molecular flexibility index (Phi) is 8.49. The van der Waals surface area contributed by atoms with Crippen molar-refractivity contribution in [2.45, 2.75) is 31.2 Å². The van der Waals surface area contributed by atoms with Crippen molar-refractivity contribution in [2.24, 2.45) is 0 Å². The molecule has 0 aliphatic carbocycles. The van der Waals surface area contributed by atoms with E-state index in [-0.39, 0.29) is 13.2 Å². The summed E-state index contributed by atoms with van der Waals surface area (Å²) in [5.74, 6) is -8.66. The summed E-state index contributed by atoms with van der Waals surface area (Å²) < 4.78 is 69.0. The third kappa shape index (κ3) is 5.88. The van der Waals surface area contributed by atoms with Crippen LogP contribution in [0.25, 0.3) is 11.1 Å². The second-order valence-electron chi connectivity index (χ2n) is 8.01. The highest BCUT2D eigenvalue weighted by atomic mass is 19.4. The number of hydrogen-bond donors (Lipinski definition) is 3. The first-order valence-electron chi connectivity index (χ1n) is 11.2. The predicted octanol–water partition coefficient (Wildman–Crippen LogP) is 2.57. The Bertz CT molecular complexity index is 1160. The summed E-state index contributed by atoms with van der Waals surface area (Å²) in [5, 5.41) is 13.3. The van der Waals surface area contributed by atoms with Crippen LogP contribution in [0.2, 0.25) is 0 Å². The van der Waals surface area contributed by atoms with Crippen LogP contribution in [0.3, 0.4) is 0 Å². The van der Waals surface area contributed by atoms with Crippen LogP contribution < -0.4 is 15.5 Å². The van der Waals surface area contributed by atoms with Crippen molar-refractivity contribution in [3.05, 3.63) is 54.1 Å². The molecule has 3 amide bonds. The van der Waals surface area contributed by atoms with Gasteiger partial charge in [-0.15, -0.1) is 0 Å². The first-order valence-corrected chi connectivity index (χ1v) is 11.2. The minimum Gasteiger partial charge on any atom is -0.395 e. The molecule has 3 rings (SSSR count). The number of halogens is 5. The van der Waals surface area contributed by atoms with Crippen molar-refractivity contribution in [1.82, 2.24) is 10.6 Å². The van der Waals surface area contributed by atoms with E-state index in [1.165, 1.54) is 17.1 Å². The number of amides is 3. The highest BCUT2D eigenvalue weighted by Gasteiger charge is 2.57. The third-order valence-corrected chi connectivity index (χ3v) is 5.59. The average molecular weight is 529 g/mol. The summed E-state index contributed by atoms with van der Waals surface area (Å²) in [6, 6.07) is 12.0. The van der Waals surface area contributed by atoms with E-state index in [0.717, 1.165) is 0 Å². The second kappa shape index (κ2) is 11.2. The van der Waals surface area contributed by atoms with Crippen molar-refractivity contribution in [3.63, 3.8) is 0 Å². The molecule has 0 saturated carbocycles. The van der Waals surface area contributed by atoms with E-state index in [1.807, 2.05) is 0 Å². The van der Waals surface area contributed by atoms with Crippen LogP contribution in [0, 0.1) is 0 Å². The number of rotatable bonds is 9. The lowest BCUT2D eigenvalue weighted by Gasteiger charge is -2.27. The summed E-state index contributed by atoms with van der Waals surface area (Å²) in [7, 11) is 0. The second-order valence-corrected chi connectivity index (χ2v) is 8.01. The Labute approximate surface area is 208 Å². The quantitative estimate of drug-likeness (QED) is 0.342. The maximum atomic E-state index is 13.5. The first kappa shape index (κ1) is 28.0. The Morgan fingerprint density at radius 2 is 1.65 bits per heavy atom. The number of ether oxygens (including phenoxy) is 1. The number of carbonyl (C=O) groups excluding carboxylic acids is 3. The number of carbonyl (C=O) groups is 3. The average Bonchev–Trinajstić information content (AvgIpc) is 2.95. The van der Waals surface area contributed by atoms with Crippen molar-refractivity contribution < 1.29 is 46.2 Å². The number of alkyl halides is 5. The molecule has 200 valence electrons. The molecule has 0 unspecified atom stereocenters. The molecular weight excluding hydrogens is 505 g/mol. The predicted molar refractivity (Wildman–Crippen MR) is 122 cm³/mol. The summed E-state index contributed by atoms with van der Waals surface area (Å²) in [4.78, 5) is 40.2. The lowest BCUT2D eigenvalue weighted by molar-refractivity contribution is -0.278. The molecule has 3 N–H and O–H groups in total. The molecule has 13 heteroatoms. The maximum Gasteiger partial charge on any atom is 0.455 e. The van der Waals surface area contributed by atoms with Gasteiger partial charge in [0.25, 0.3) is 17.7 Å². The van der Waals surface area contributed by atoms with E-state index in [2.05, 4.69) is 5.32 Å². The number of nitrogens with one attached hydrogen (secondary N) is 2. The molecule has 0 radical (unpaired) electrons. The smallest absolute Gasteiger partial charge is 0.395 e. The van der Waals surface area contributed by atoms with Crippen LogP contribution in [0.5, 0.6) is 0 Å². The van der Waals surface area contributed by atoms with E-state index in [1.54, 1.807) is 48.5 Å². The van der Waals surface area contributed by atoms with E-state index in [0.29, 0.717) is 22.4 Å². The van der Waals surface area contributed by atoms with E-state index >= 15 is 0 Å². The SMILES string of the molecule is CCO[C@H](C(=O)NCC(F)(F)C(F)(F)F)C(=O)N[C@@H]1C(=O)N(CCO)c2ccccc2-c2ccccc21. The standard InChI is InChI=1S/C24H24F5N3O5/c1-2-37-19(20(34)30-13-23(25,26)24(27,28)29)21(35)31-18-16-9-4-3-7-14(16)15-8-5-6-10-17(15)32(11-12-33)22(18)36/h3-10,18-19,33H,2,11-13H2,1H3,(H,30,34)(H,31,35)/t18-,19+/m0/s1. The van der Waals surface area contributed by atoms with Crippen LogP contribution in [-0.4, -0.2) is 67.3 Å². The van der Waals surface area contributed by atoms with Crippen molar-refractivity contribution in [3.8, 4) is 11.1 Å². The zero-order valence-corrected chi connectivity index (χ0v) is 19.5. The van der Waals surface area contributed by atoms with Crippen LogP contribution >= 0.6 is 0 Å². The fourth-order valence-electron chi connectivity index (χ4n) is 3.85. The number of benzene rings is 2. The molecule has 0 saturated heterocycles. The fourth-order valence-corrected chi connectivity index (χ4v) is 3.85. The number of anilines is 1.